The van der Waals surface area contributed by atoms with Gasteiger partial charge in [0, 0.05) is 6.54 Å². The van der Waals surface area contributed by atoms with Gasteiger partial charge in [-0.15, -0.1) is 0 Å². The van der Waals surface area contributed by atoms with Crippen molar-refractivity contribution < 1.29 is 4.74 Å². The van der Waals surface area contributed by atoms with Crippen molar-refractivity contribution in [2.75, 3.05) is 0 Å². The number of halogens is 1. The second-order valence-corrected chi connectivity index (χ2v) is 9.69. The van der Waals surface area contributed by atoms with Gasteiger partial charge in [0.25, 0.3) is 0 Å². The van der Waals surface area contributed by atoms with E-state index in [0.29, 0.717) is 36.8 Å². The molecule has 0 atom stereocenters. The molecule has 4 nitrogen and oxygen atoms in total. The van der Waals surface area contributed by atoms with Gasteiger partial charge in [0.1, 0.15) is 10.9 Å². The van der Waals surface area contributed by atoms with E-state index in [2.05, 4.69) is 22.8 Å². The Hall–Kier alpha value is -2.77. The zero-order chi connectivity index (χ0) is 22.2. The Kier molecular flexibility index (Phi) is 5.47. The minimum absolute atomic E-state index is 0.502. The molecule has 0 spiro atoms. The van der Waals surface area contributed by atoms with E-state index in [1.807, 2.05) is 55.5 Å². The molecule has 0 amide bonds. The Labute approximate surface area is 194 Å². The fourth-order valence-electron chi connectivity index (χ4n) is 5.01. The number of rotatable bonds is 6. The Morgan fingerprint density at radius 3 is 2.25 bits per heavy atom. The molecule has 2 aliphatic carbocycles. The van der Waals surface area contributed by atoms with Crippen LogP contribution in [0.4, 0.5) is 0 Å². The Morgan fingerprint density at radius 2 is 1.66 bits per heavy atom. The highest BCUT2D eigenvalue weighted by atomic mass is 35.5. The summed E-state index contributed by atoms with van der Waals surface area (Å²) in [4.78, 5) is 4.95. The number of benzene rings is 2. The molecule has 0 saturated heterocycles. The van der Waals surface area contributed by atoms with E-state index in [0.717, 1.165) is 29.4 Å². The molecule has 5 heteroatoms. The molecule has 0 N–H and O–H groups in total. The number of hydrogen-bond acceptors (Lipinski definition) is 3. The van der Waals surface area contributed by atoms with E-state index >= 15 is 0 Å². The summed E-state index contributed by atoms with van der Waals surface area (Å²) in [6, 6.07) is 22.8. The molecule has 2 fully saturated rings. The fourth-order valence-corrected chi connectivity index (χ4v) is 5.21. The van der Waals surface area contributed by atoms with Crippen molar-refractivity contribution >= 4 is 11.6 Å². The smallest absolute Gasteiger partial charge is 0.166 e. The maximum atomic E-state index is 10.2. The van der Waals surface area contributed by atoms with Gasteiger partial charge >= 0.3 is 0 Å². The molecule has 1 aromatic heterocycles. The first-order valence-corrected chi connectivity index (χ1v) is 11.9. The van der Waals surface area contributed by atoms with Crippen LogP contribution in [0.5, 0.6) is 5.75 Å². The van der Waals surface area contributed by atoms with Gasteiger partial charge in [-0.25, -0.2) is 4.98 Å². The van der Waals surface area contributed by atoms with E-state index in [-0.39, 0.29) is 0 Å². The maximum Gasteiger partial charge on any atom is 0.166 e. The van der Waals surface area contributed by atoms with E-state index in [9.17, 15) is 5.26 Å². The molecule has 0 unspecified atom stereocenters. The van der Waals surface area contributed by atoms with Crippen LogP contribution in [0.2, 0.25) is 5.15 Å². The summed E-state index contributed by atoms with van der Waals surface area (Å²) in [7, 11) is 0. The SMILES string of the molecule is Cc1nc(C2(Oc3ccccc3)CCC(C#N)(c3ccccc3)CC2)n(CC2CC2)c1Cl. The maximum absolute atomic E-state index is 10.2. The van der Waals surface area contributed by atoms with Crippen LogP contribution >= 0.6 is 11.6 Å². The summed E-state index contributed by atoms with van der Waals surface area (Å²) in [6.45, 7) is 2.86. The van der Waals surface area contributed by atoms with Gasteiger partial charge in [0.15, 0.2) is 11.4 Å². The predicted molar refractivity (Wildman–Crippen MR) is 126 cm³/mol. The zero-order valence-electron chi connectivity index (χ0n) is 18.4. The largest absolute Gasteiger partial charge is 0.479 e. The standard InChI is InChI=1S/C27H28ClN3O/c1-20-24(28)31(18-21-12-13-21)25(30-20)27(32-23-10-6-3-7-11-23)16-14-26(19-29,15-17-27)22-8-4-2-5-9-22/h2-11,21H,12-18H2,1H3. The second kappa shape index (κ2) is 8.30. The third-order valence-electron chi connectivity index (χ3n) is 7.12. The van der Waals surface area contributed by atoms with Crippen LogP contribution < -0.4 is 4.74 Å². The van der Waals surface area contributed by atoms with Gasteiger partial charge in [-0.3, -0.25) is 0 Å². The van der Waals surface area contributed by atoms with Crippen molar-refractivity contribution in [1.82, 2.24) is 9.55 Å². The van der Waals surface area contributed by atoms with Gasteiger partial charge in [0.05, 0.1) is 17.2 Å². The lowest BCUT2D eigenvalue weighted by atomic mass is 9.65. The number of imidazole rings is 1. The van der Waals surface area contributed by atoms with Crippen molar-refractivity contribution in [1.29, 1.82) is 5.26 Å². The highest BCUT2D eigenvalue weighted by Gasteiger charge is 2.49. The molecule has 2 aliphatic rings. The fraction of sp³-hybridized carbons (Fsp3) is 0.407. The summed E-state index contributed by atoms with van der Waals surface area (Å²) < 4.78 is 8.94. The Morgan fingerprint density at radius 1 is 1.03 bits per heavy atom. The topological polar surface area (TPSA) is 50.8 Å². The van der Waals surface area contributed by atoms with Gasteiger partial charge in [0.2, 0.25) is 0 Å². The van der Waals surface area contributed by atoms with Crippen molar-refractivity contribution in [2.45, 2.75) is 63.0 Å². The Balaban J connectivity index is 1.55. The number of ether oxygens (including phenoxy) is 1. The molecule has 1 heterocycles. The van der Waals surface area contributed by atoms with Crippen LogP contribution in [0.25, 0.3) is 0 Å². The van der Waals surface area contributed by atoms with Crippen molar-refractivity contribution in [2.24, 2.45) is 5.92 Å². The predicted octanol–water partition coefficient (Wildman–Crippen LogP) is 6.56. The van der Waals surface area contributed by atoms with Gasteiger partial charge in [-0.1, -0.05) is 60.1 Å². The summed E-state index contributed by atoms with van der Waals surface area (Å²) >= 11 is 6.74. The lowest BCUT2D eigenvalue weighted by Gasteiger charge is -2.43. The third kappa shape index (κ3) is 3.80. The minimum Gasteiger partial charge on any atom is -0.479 e. The average molecular weight is 446 g/mol. The first-order chi connectivity index (χ1) is 15.6. The molecule has 32 heavy (non-hydrogen) atoms. The second-order valence-electron chi connectivity index (χ2n) is 9.33. The summed E-state index contributed by atoms with van der Waals surface area (Å²) in [5.74, 6) is 2.40. The van der Waals surface area contributed by atoms with Crippen LogP contribution in [0, 0.1) is 24.2 Å². The number of para-hydroxylation sites is 1. The first-order valence-electron chi connectivity index (χ1n) is 11.5. The summed E-state index contributed by atoms with van der Waals surface area (Å²) in [6.07, 6.45) is 5.33. The molecule has 164 valence electrons. The van der Waals surface area contributed by atoms with Gasteiger partial charge in [-0.05, 0) is 69.1 Å². The van der Waals surface area contributed by atoms with Crippen LogP contribution in [-0.4, -0.2) is 9.55 Å². The summed E-state index contributed by atoms with van der Waals surface area (Å²) in [5, 5.41) is 10.9. The number of aryl methyl sites for hydroxylation is 1. The number of aromatic nitrogens is 2. The minimum atomic E-state index is -0.608. The van der Waals surface area contributed by atoms with E-state index < -0.39 is 11.0 Å². The van der Waals surface area contributed by atoms with Crippen molar-refractivity contribution in [3.05, 3.63) is 82.9 Å². The van der Waals surface area contributed by atoms with Crippen molar-refractivity contribution in [3.8, 4) is 11.8 Å². The van der Waals surface area contributed by atoms with Gasteiger partial charge in [-0.2, -0.15) is 5.26 Å². The number of nitrogens with zero attached hydrogens (tertiary/aromatic N) is 3. The normalized spacial score (nSPS) is 25.3. The summed E-state index contributed by atoms with van der Waals surface area (Å²) in [5.41, 5.74) is 0.825. The lowest BCUT2D eigenvalue weighted by Crippen LogP contribution is -2.44. The first kappa shape index (κ1) is 21.1. The molecule has 5 rings (SSSR count). The third-order valence-corrected chi connectivity index (χ3v) is 7.60. The quantitative estimate of drug-likeness (QED) is 0.431. The molecule has 0 aliphatic heterocycles. The molecule has 2 aromatic carbocycles. The van der Waals surface area contributed by atoms with E-state index in [1.165, 1.54) is 12.8 Å². The van der Waals surface area contributed by atoms with Crippen LogP contribution in [0.1, 0.15) is 55.6 Å². The van der Waals surface area contributed by atoms with Crippen molar-refractivity contribution in [3.63, 3.8) is 0 Å². The Bertz CT molecular complexity index is 1120. The van der Waals surface area contributed by atoms with Crippen LogP contribution in [0.3, 0.4) is 0 Å². The van der Waals surface area contributed by atoms with E-state index in [1.54, 1.807) is 0 Å². The van der Waals surface area contributed by atoms with Gasteiger partial charge < -0.3 is 9.30 Å². The zero-order valence-corrected chi connectivity index (χ0v) is 19.2. The monoisotopic (exact) mass is 445 g/mol. The van der Waals surface area contributed by atoms with Crippen LogP contribution in [0.15, 0.2) is 60.7 Å². The molecule has 2 saturated carbocycles. The molecule has 0 radical (unpaired) electrons. The number of nitriles is 1. The molecular weight excluding hydrogens is 418 g/mol. The highest BCUT2D eigenvalue weighted by molar-refractivity contribution is 6.30. The van der Waals surface area contributed by atoms with Crippen LogP contribution in [-0.2, 0) is 17.6 Å². The highest BCUT2D eigenvalue weighted by Crippen LogP contribution is 2.49. The lowest BCUT2D eigenvalue weighted by molar-refractivity contribution is 0.000570. The van der Waals surface area contributed by atoms with E-state index in [4.69, 9.17) is 21.3 Å². The average Bonchev–Trinajstić information content (AvgIpc) is 3.62. The molecular formula is C27H28ClN3O. The molecule has 0 bridgehead atoms. The molecule has 3 aromatic rings. The number of hydrogen-bond donors (Lipinski definition) is 0.